The van der Waals surface area contributed by atoms with E-state index in [1.165, 1.54) is 39.8 Å². The highest BCUT2D eigenvalue weighted by molar-refractivity contribution is 6.27. The number of likely N-dealkylation sites (tertiary alicyclic amines) is 1. The number of aryl methyl sites for hydroxylation is 1. The van der Waals surface area contributed by atoms with Crippen molar-refractivity contribution in [3.8, 4) is 11.1 Å². The molecule has 2 heterocycles. The molecule has 4 atom stereocenters. The van der Waals surface area contributed by atoms with Gasteiger partial charge in [0, 0.05) is 7.05 Å². The Morgan fingerprint density at radius 1 is 0.537 bits per heavy atom. The second-order valence-electron chi connectivity index (χ2n) is 11.6. The molecule has 0 radical (unpaired) electrons. The van der Waals surface area contributed by atoms with Crippen molar-refractivity contribution >= 4 is 29.3 Å². The third-order valence-corrected chi connectivity index (χ3v) is 9.79. The number of hydrogen-bond acceptors (Lipinski definition) is 4. The van der Waals surface area contributed by atoms with Crippen molar-refractivity contribution < 1.29 is 19.2 Å². The molecule has 0 N–H and O–H groups in total. The first kappa shape index (κ1) is 24.0. The monoisotopic (exact) mass is 538 g/mol. The van der Waals surface area contributed by atoms with Gasteiger partial charge in [-0.3, -0.25) is 29.0 Å². The highest BCUT2D eigenvalue weighted by Crippen LogP contribution is 2.58. The quantitative estimate of drug-likeness (QED) is 0.312. The fourth-order valence-electron chi connectivity index (χ4n) is 7.88. The van der Waals surface area contributed by atoms with E-state index in [0.29, 0.717) is 5.69 Å². The fraction of sp³-hybridized carbons (Fsp3) is 0.200. The molecule has 41 heavy (non-hydrogen) atoms. The van der Waals surface area contributed by atoms with Crippen LogP contribution in [-0.4, -0.2) is 35.6 Å². The highest BCUT2D eigenvalue weighted by atomic mass is 16.2. The lowest BCUT2D eigenvalue weighted by molar-refractivity contribution is -0.146. The lowest BCUT2D eigenvalue weighted by Crippen LogP contribution is -2.50. The van der Waals surface area contributed by atoms with Crippen LogP contribution in [0.5, 0.6) is 0 Å². The van der Waals surface area contributed by atoms with Crippen LogP contribution < -0.4 is 4.90 Å². The molecule has 8 rings (SSSR count). The van der Waals surface area contributed by atoms with Gasteiger partial charge in [0.25, 0.3) is 0 Å². The van der Waals surface area contributed by atoms with E-state index in [9.17, 15) is 19.2 Å². The lowest BCUT2D eigenvalue weighted by atomic mass is 9.59. The van der Waals surface area contributed by atoms with E-state index < -0.39 is 40.9 Å². The molecule has 200 valence electrons. The molecule has 6 nitrogen and oxygen atoms in total. The predicted molar refractivity (Wildman–Crippen MR) is 153 cm³/mol. The lowest BCUT2D eigenvalue weighted by Gasteiger charge is -2.36. The van der Waals surface area contributed by atoms with Gasteiger partial charge < -0.3 is 0 Å². The maximum Gasteiger partial charge on any atom is 0.238 e. The topological polar surface area (TPSA) is 74.8 Å². The zero-order chi connectivity index (χ0) is 28.2. The first-order valence-corrected chi connectivity index (χ1v) is 13.9. The summed E-state index contributed by atoms with van der Waals surface area (Å²) in [5, 5.41) is 0. The Hall–Kier alpha value is -4.84. The Balaban J connectivity index is 1.25. The third-order valence-electron chi connectivity index (χ3n) is 9.79. The Labute approximate surface area is 237 Å². The van der Waals surface area contributed by atoms with Crippen LogP contribution in [0.15, 0.2) is 97.1 Å². The van der Waals surface area contributed by atoms with Crippen molar-refractivity contribution in [3.05, 3.63) is 125 Å². The predicted octanol–water partition coefficient (Wildman–Crippen LogP) is 4.71. The summed E-state index contributed by atoms with van der Waals surface area (Å²) in [6.07, 6.45) is 0. The van der Waals surface area contributed by atoms with E-state index in [-0.39, 0.29) is 11.8 Å². The van der Waals surface area contributed by atoms with E-state index in [1.54, 1.807) is 0 Å². The van der Waals surface area contributed by atoms with Gasteiger partial charge in [0.15, 0.2) is 0 Å². The number of rotatable bonds is 3. The molecule has 3 fully saturated rings. The number of benzene rings is 4. The summed E-state index contributed by atoms with van der Waals surface area (Å²) in [6.45, 7) is 2.08. The van der Waals surface area contributed by atoms with Crippen LogP contribution in [0.25, 0.3) is 11.1 Å². The fourth-order valence-corrected chi connectivity index (χ4v) is 7.88. The number of anilines is 1. The number of amides is 4. The first-order chi connectivity index (χ1) is 19.9. The van der Waals surface area contributed by atoms with Gasteiger partial charge in [-0.15, -0.1) is 0 Å². The van der Waals surface area contributed by atoms with E-state index >= 15 is 0 Å². The number of carbonyl (C=O) groups excluding carboxylic acids is 4. The van der Waals surface area contributed by atoms with Crippen molar-refractivity contribution in [1.82, 2.24) is 4.90 Å². The Morgan fingerprint density at radius 3 is 1.44 bits per heavy atom. The van der Waals surface area contributed by atoms with Gasteiger partial charge in [0.05, 0.1) is 34.8 Å². The van der Waals surface area contributed by atoms with Crippen molar-refractivity contribution in [3.63, 3.8) is 0 Å². The molecule has 2 aliphatic carbocycles. The summed E-state index contributed by atoms with van der Waals surface area (Å²) in [4.78, 5) is 54.5. The molecule has 0 spiro atoms. The zero-order valence-corrected chi connectivity index (χ0v) is 22.6. The van der Waals surface area contributed by atoms with Gasteiger partial charge in [0.2, 0.25) is 23.6 Å². The average molecular weight is 539 g/mol. The summed E-state index contributed by atoms with van der Waals surface area (Å²) >= 11 is 0. The van der Waals surface area contributed by atoms with E-state index in [1.807, 2.05) is 24.3 Å². The largest absolute Gasteiger partial charge is 0.285 e. The number of nitrogens with zero attached hydrogens (tertiary/aromatic N) is 2. The normalized spacial score (nSPS) is 25.1. The smallest absolute Gasteiger partial charge is 0.238 e. The van der Waals surface area contributed by atoms with Gasteiger partial charge in [-0.2, -0.15) is 0 Å². The third kappa shape index (κ3) is 2.82. The second-order valence-corrected chi connectivity index (χ2v) is 11.6. The van der Waals surface area contributed by atoms with Crippen molar-refractivity contribution in [2.45, 2.75) is 12.3 Å². The van der Waals surface area contributed by atoms with Gasteiger partial charge in [-0.05, 0) is 52.4 Å². The van der Waals surface area contributed by atoms with E-state index in [0.717, 1.165) is 16.0 Å². The zero-order valence-electron chi connectivity index (χ0n) is 22.6. The van der Waals surface area contributed by atoms with Crippen molar-refractivity contribution in [2.75, 3.05) is 11.9 Å². The molecule has 4 aliphatic rings. The molecular formula is C35H26N2O4. The number of carbonyl (C=O) groups is 4. The van der Waals surface area contributed by atoms with Crippen molar-refractivity contribution in [1.29, 1.82) is 0 Å². The summed E-state index contributed by atoms with van der Waals surface area (Å²) < 4.78 is 0. The minimum Gasteiger partial charge on any atom is -0.285 e. The van der Waals surface area contributed by atoms with Gasteiger partial charge in [-0.25, -0.2) is 0 Å². The highest BCUT2D eigenvalue weighted by Gasteiger charge is 2.73. The molecule has 6 heteroatoms. The van der Waals surface area contributed by atoms with E-state index in [4.69, 9.17) is 0 Å². The molecule has 4 aromatic rings. The van der Waals surface area contributed by atoms with Gasteiger partial charge in [-0.1, -0.05) is 90.5 Å². The van der Waals surface area contributed by atoms with E-state index in [2.05, 4.69) is 79.7 Å². The van der Waals surface area contributed by atoms with Crippen molar-refractivity contribution in [2.24, 2.45) is 23.7 Å². The summed E-state index contributed by atoms with van der Waals surface area (Å²) in [5.74, 6) is -4.49. The Morgan fingerprint density at radius 2 is 0.951 bits per heavy atom. The maximum atomic E-state index is 13.5. The summed E-state index contributed by atoms with van der Waals surface area (Å²) in [5.41, 5.74) is 7.92. The van der Waals surface area contributed by atoms with Crippen LogP contribution in [0.3, 0.4) is 0 Å². The SMILES string of the molecule is Cc1ccc(C2(c3ccc(N4C(=O)C5C6C(=O)N(C)C(=O)C6C5C4=O)cc3)c3ccccc3-c3ccccc32)cc1. The molecule has 0 bridgehead atoms. The van der Waals surface area contributed by atoms with Crippen LogP contribution in [0, 0.1) is 30.6 Å². The minimum absolute atomic E-state index is 0.363. The number of fused-ring (bicyclic) bond motifs is 7. The molecule has 2 saturated heterocycles. The summed E-state index contributed by atoms with van der Waals surface area (Å²) in [6, 6.07) is 33.2. The standard InChI is InChI=1S/C35H26N2O4/c1-19-11-13-20(14-12-19)35(25-9-5-3-7-23(25)24-8-4-6-10-26(24)35)21-15-17-22(18-16-21)37-33(40)29-27-28(30(29)34(37)41)32(39)36(2)31(27)38/h3-18,27-30H,1-2H3. The molecule has 0 aromatic heterocycles. The van der Waals surface area contributed by atoms with Crippen LogP contribution in [0.4, 0.5) is 5.69 Å². The van der Waals surface area contributed by atoms with Crippen LogP contribution in [0.1, 0.15) is 27.8 Å². The molecule has 4 amide bonds. The second kappa shape index (κ2) is 8.10. The first-order valence-electron chi connectivity index (χ1n) is 13.9. The maximum absolute atomic E-state index is 13.5. The Bertz CT molecular complexity index is 1740. The van der Waals surface area contributed by atoms with Crippen LogP contribution in [0.2, 0.25) is 0 Å². The molecule has 4 aromatic carbocycles. The Kier molecular flexibility index (Phi) is 4.74. The molecule has 4 unspecified atom stereocenters. The molecular weight excluding hydrogens is 512 g/mol. The molecule has 1 saturated carbocycles. The van der Waals surface area contributed by atoms with Gasteiger partial charge >= 0.3 is 0 Å². The van der Waals surface area contributed by atoms with Gasteiger partial charge in [0.1, 0.15) is 0 Å². The molecule has 2 aliphatic heterocycles. The minimum atomic E-state index is -0.763. The number of hydrogen-bond donors (Lipinski definition) is 0. The summed E-state index contributed by atoms with van der Waals surface area (Å²) in [7, 11) is 1.42. The average Bonchev–Trinajstić information content (AvgIpc) is 3.46. The number of imide groups is 2. The van der Waals surface area contributed by atoms with Crippen LogP contribution in [-0.2, 0) is 24.6 Å². The van der Waals surface area contributed by atoms with Crippen LogP contribution >= 0.6 is 0 Å².